The number of aromatic carboxylic acids is 1. The highest BCUT2D eigenvalue weighted by molar-refractivity contribution is 7.22. The van der Waals surface area contributed by atoms with Crippen molar-refractivity contribution in [1.82, 2.24) is 4.98 Å². The molecule has 0 saturated heterocycles. The number of aromatic nitrogens is 1. The maximum atomic E-state index is 11.9. The second-order valence-corrected chi connectivity index (χ2v) is 6.02. The molecule has 0 unspecified atom stereocenters. The number of nitrogens with one attached hydrogen (secondary N) is 1. The third kappa shape index (κ3) is 3.36. The van der Waals surface area contributed by atoms with Gasteiger partial charge in [0.05, 0.1) is 15.8 Å². The Labute approximate surface area is 141 Å². The number of aryl methyl sites for hydroxylation is 1. The molecule has 122 valence electrons. The number of nitrogens with zero attached hydrogens (tertiary/aromatic N) is 1. The van der Waals surface area contributed by atoms with Crippen LogP contribution in [0.4, 0.5) is 9.93 Å². The zero-order valence-corrected chi connectivity index (χ0v) is 13.6. The van der Waals surface area contributed by atoms with E-state index in [-0.39, 0.29) is 5.56 Å². The summed E-state index contributed by atoms with van der Waals surface area (Å²) in [6.45, 7) is 1.93. The summed E-state index contributed by atoms with van der Waals surface area (Å²) in [4.78, 5) is 27.5. The molecule has 6 nitrogen and oxygen atoms in total. The van der Waals surface area contributed by atoms with Crippen molar-refractivity contribution in [2.75, 3.05) is 5.32 Å². The number of carboxylic acids is 1. The lowest BCUT2D eigenvalue weighted by Gasteiger charge is -2.03. The lowest BCUT2D eigenvalue weighted by atomic mass is 10.1. The summed E-state index contributed by atoms with van der Waals surface area (Å²) in [6.07, 6.45) is 0.00618. The van der Waals surface area contributed by atoms with Gasteiger partial charge in [0.15, 0.2) is 5.13 Å². The van der Waals surface area contributed by atoms with E-state index in [9.17, 15) is 14.7 Å². The van der Waals surface area contributed by atoms with E-state index in [1.165, 1.54) is 11.3 Å². The number of hydrogen-bond donors (Lipinski definition) is 2. The zero-order valence-electron chi connectivity index (χ0n) is 12.8. The monoisotopic (exact) mass is 342 g/mol. The number of para-hydroxylation sites is 1. The van der Waals surface area contributed by atoms with Crippen LogP contribution in [0.3, 0.4) is 0 Å². The molecule has 3 rings (SSSR count). The standard InChI is InChI=1S/C17H14N2O4S/c1-2-10-8-11(15(20)21)9-13-14(10)18-16(24-13)19-17(22)23-12-6-4-3-5-7-12/h3-9H,2H2,1H3,(H,20,21)(H,18,19,22). The molecular formula is C17H14N2O4S. The number of fused-ring (bicyclic) bond motifs is 1. The van der Waals surface area contributed by atoms with Gasteiger partial charge in [0, 0.05) is 0 Å². The maximum Gasteiger partial charge on any atom is 0.418 e. The van der Waals surface area contributed by atoms with Crippen LogP contribution in [0.5, 0.6) is 5.75 Å². The summed E-state index contributed by atoms with van der Waals surface area (Å²) >= 11 is 1.21. The summed E-state index contributed by atoms with van der Waals surface area (Å²) in [7, 11) is 0. The second-order valence-electron chi connectivity index (χ2n) is 4.99. The molecule has 0 aliphatic heterocycles. The number of hydrogen-bond acceptors (Lipinski definition) is 5. The Morgan fingerprint density at radius 3 is 2.67 bits per heavy atom. The van der Waals surface area contributed by atoms with E-state index < -0.39 is 12.1 Å². The van der Waals surface area contributed by atoms with Gasteiger partial charge in [-0.05, 0) is 36.2 Å². The van der Waals surface area contributed by atoms with Gasteiger partial charge in [0.25, 0.3) is 0 Å². The van der Waals surface area contributed by atoms with E-state index in [0.29, 0.717) is 27.5 Å². The van der Waals surface area contributed by atoms with Gasteiger partial charge in [-0.25, -0.2) is 14.6 Å². The predicted octanol–water partition coefficient (Wildman–Crippen LogP) is 4.17. The molecule has 1 amide bonds. The van der Waals surface area contributed by atoms with Crippen LogP contribution in [0.2, 0.25) is 0 Å². The summed E-state index contributed by atoms with van der Waals surface area (Å²) in [5.74, 6) is -0.559. The van der Waals surface area contributed by atoms with Crippen molar-refractivity contribution >= 4 is 38.7 Å². The third-order valence-corrected chi connectivity index (χ3v) is 4.28. The Balaban J connectivity index is 1.85. The normalized spacial score (nSPS) is 10.5. The smallest absolute Gasteiger partial charge is 0.418 e. The van der Waals surface area contributed by atoms with E-state index >= 15 is 0 Å². The van der Waals surface area contributed by atoms with Crippen molar-refractivity contribution in [3.63, 3.8) is 0 Å². The van der Waals surface area contributed by atoms with E-state index in [1.54, 1.807) is 36.4 Å². The second kappa shape index (κ2) is 6.67. The highest BCUT2D eigenvalue weighted by Gasteiger charge is 2.14. The van der Waals surface area contributed by atoms with Crippen molar-refractivity contribution in [3.8, 4) is 5.75 Å². The number of carboxylic acid groups (broad SMARTS) is 1. The molecule has 0 aliphatic carbocycles. The first-order valence-electron chi connectivity index (χ1n) is 7.27. The minimum Gasteiger partial charge on any atom is -0.478 e. The first-order valence-corrected chi connectivity index (χ1v) is 8.09. The average Bonchev–Trinajstić information content (AvgIpc) is 2.96. The van der Waals surface area contributed by atoms with Crippen molar-refractivity contribution in [1.29, 1.82) is 0 Å². The molecule has 0 atom stereocenters. The van der Waals surface area contributed by atoms with Crippen LogP contribution >= 0.6 is 11.3 Å². The molecule has 1 heterocycles. The lowest BCUT2D eigenvalue weighted by molar-refractivity contribution is 0.0697. The number of amides is 1. The van der Waals surface area contributed by atoms with Crippen LogP contribution in [0.15, 0.2) is 42.5 Å². The molecule has 0 aliphatic rings. The Bertz CT molecular complexity index is 906. The number of anilines is 1. The highest BCUT2D eigenvalue weighted by atomic mass is 32.1. The van der Waals surface area contributed by atoms with Gasteiger partial charge in [-0.1, -0.05) is 36.5 Å². The fraction of sp³-hybridized carbons (Fsp3) is 0.118. The lowest BCUT2D eigenvalue weighted by Crippen LogP contribution is -2.16. The first-order chi connectivity index (χ1) is 11.6. The van der Waals surface area contributed by atoms with Crippen LogP contribution in [0.1, 0.15) is 22.8 Å². The fourth-order valence-electron chi connectivity index (χ4n) is 2.25. The number of thiazole rings is 1. The van der Waals surface area contributed by atoms with E-state index in [4.69, 9.17) is 4.74 Å². The summed E-state index contributed by atoms with van der Waals surface area (Å²) in [5.41, 5.74) is 1.73. The number of benzene rings is 2. The van der Waals surface area contributed by atoms with E-state index in [1.807, 2.05) is 13.0 Å². The maximum absolute atomic E-state index is 11.9. The van der Waals surface area contributed by atoms with E-state index in [0.717, 1.165) is 5.56 Å². The summed E-state index contributed by atoms with van der Waals surface area (Å²) in [6, 6.07) is 11.9. The quantitative estimate of drug-likeness (QED) is 0.743. The predicted molar refractivity (Wildman–Crippen MR) is 92.0 cm³/mol. The molecule has 0 fully saturated rings. The van der Waals surface area contributed by atoms with Crippen LogP contribution in [0, 0.1) is 0 Å². The van der Waals surface area contributed by atoms with Crippen molar-refractivity contribution in [2.24, 2.45) is 0 Å². The van der Waals surface area contributed by atoms with Crippen LogP contribution in [-0.4, -0.2) is 22.2 Å². The Kier molecular flexibility index (Phi) is 4.43. The molecule has 0 bridgehead atoms. The molecule has 0 saturated carbocycles. The van der Waals surface area contributed by atoms with Gasteiger partial charge >= 0.3 is 12.1 Å². The van der Waals surface area contributed by atoms with Crippen LogP contribution in [0.25, 0.3) is 10.2 Å². The van der Waals surface area contributed by atoms with Gasteiger partial charge in [-0.15, -0.1) is 0 Å². The fourth-order valence-corrected chi connectivity index (χ4v) is 3.19. The van der Waals surface area contributed by atoms with Gasteiger partial charge < -0.3 is 9.84 Å². The number of carbonyl (C=O) groups is 2. The number of ether oxygens (including phenoxy) is 1. The number of carbonyl (C=O) groups excluding carboxylic acids is 1. The van der Waals surface area contributed by atoms with Gasteiger partial charge in [-0.2, -0.15) is 0 Å². The van der Waals surface area contributed by atoms with Gasteiger partial charge in [0.1, 0.15) is 5.75 Å². The molecule has 2 N–H and O–H groups in total. The summed E-state index contributed by atoms with van der Waals surface area (Å²) in [5, 5.41) is 12.1. The minimum atomic E-state index is -0.988. The van der Waals surface area contributed by atoms with Crippen molar-refractivity contribution < 1.29 is 19.4 Å². The summed E-state index contributed by atoms with van der Waals surface area (Å²) < 4.78 is 5.87. The van der Waals surface area contributed by atoms with Gasteiger partial charge in [-0.3, -0.25) is 5.32 Å². The van der Waals surface area contributed by atoms with Crippen molar-refractivity contribution in [3.05, 3.63) is 53.6 Å². The Hall–Kier alpha value is -2.93. The van der Waals surface area contributed by atoms with Crippen LogP contribution < -0.4 is 10.1 Å². The molecule has 2 aromatic carbocycles. The SMILES string of the molecule is CCc1cc(C(=O)O)cc2sc(NC(=O)Oc3ccccc3)nc12. The zero-order chi connectivity index (χ0) is 17.1. The molecule has 3 aromatic rings. The van der Waals surface area contributed by atoms with E-state index in [2.05, 4.69) is 10.3 Å². The Morgan fingerprint density at radius 1 is 1.25 bits per heavy atom. The molecule has 7 heteroatoms. The highest BCUT2D eigenvalue weighted by Crippen LogP contribution is 2.30. The van der Waals surface area contributed by atoms with Crippen LogP contribution in [-0.2, 0) is 6.42 Å². The minimum absolute atomic E-state index is 0.210. The topological polar surface area (TPSA) is 88.5 Å². The molecular weight excluding hydrogens is 328 g/mol. The first kappa shape index (κ1) is 15.9. The Morgan fingerprint density at radius 2 is 2.00 bits per heavy atom. The molecule has 24 heavy (non-hydrogen) atoms. The third-order valence-electron chi connectivity index (χ3n) is 3.36. The largest absolute Gasteiger partial charge is 0.478 e. The average molecular weight is 342 g/mol. The molecule has 0 spiro atoms. The van der Waals surface area contributed by atoms with Crippen molar-refractivity contribution in [2.45, 2.75) is 13.3 Å². The molecule has 1 aromatic heterocycles. The number of rotatable bonds is 4. The van der Waals surface area contributed by atoms with Gasteiger partial charge in [0.2, 0.25) is 0 Å². The molecule has 0 radical (unpaired) electrons.